The topological polar surface area (TPSA) is 88.3 Å². The summed E-state index contributed by atoms with van der Waals surface area (Å²) in [6.45, 7) is 2.71. The average Bonchev–Trinajstić information content (AvgIpc) is 3.29. The van der Waals surface area contributed by atoms with Crippen LogP contribution in [0, 0.1) is 12.8 Å². The minimum atomic E-state index is -0.352. The Balaban J connectivity index is 1.36. The van der Waals surface area contributed by atoms with Crippen molar-refractivity contribution in [2.75, 3.05) is 11.9 Å². The molecule has 1 aliphatic rings. The van der Waals surface area contributed by atoms with Crippen LogP contribution in [0.25, 0.3) is 11.5 Å². The Kier molecular flexibility index (Phi) is 4.89. The van der Waals surface area contributed by atoms with Gasteiger partial charge in [0.05, 0.1) is 5.92 Å². The summed E-state index contributed by atoms with van der Waals surface area (Å²) in [5, 5.41) is 6.66. The third kappa shape index (κ3) is 3.93. The van der Waals surface area contributed by atoms with Gasteiger partial charge in [0.2, 0.25) is 11.8 Å². The molecule has 0 radical (unpaired) electrons. The van der Waals surface area contributed by atoms with E-state index >= 15 is 0 Å². The van der Waals surface area contributed by atoms with Crippen LogP contribution < -0.4 is 5.32 Å². The van der Waals surface area contributed by atoms with Crippen LogP contribution in [0.5, 0.6) is 0 Å². The van der Waals surface area contributed by atoms with Crippen molar-refractivity contribution in [1.29, 1.82) is 0 Å². The molecule has 7 nitrogen and oxygen atoms in total. The number of aromatic nitrogens is 2. The number of benzene rings is 2. The van der Waals surface area contributed by atoms with Gasteiger partial charge >= 0.3 is 0 Å². The highest BCUT2D eigenvalue weighted by atomic mass is 16.5. The van der Waals surface area contributed by atoms with E-state index in [1.165, 1.54) is 0 Å². The number of hydrogen-bond acceptors (Lipinski definition) is 5. The summed E-state index contributed by atoms with van der Waals surface area (Å²) in [6.07, 6.45) is 0.234. The number of carbonyl (C=O) groups excluding carboxylic acids is 2. The van der Waals surface area contributed by atoms with E-state index in [0.29, 0.717) is 30.5 Å². The first-order chi connectivity index (χ1) is 13.6. The maximum absolute atomic E-state index is 12.6. The summed E-state index contributed by atoms with van der Waals surface area (Å²) in [7, 11) is 0. The molecule has 28 heavy (non-hydrogen) atoms. The summed E-state index contributed by atoms with van der Waals surface area (Å²) in [5.41, 5.74) is 2.51. The molecular formula is C21H20N4O3. The van der Waals surface area contributed by atoms with E-state index in [1.54, 1.807) is 24.0 Å². The summed E-state index contributed by atoms with van der Waals surface area (Å²) in [4.78, 5) is 30.8. The average molecular weight is 376 g/mol. The van der Waals surface area contributed by atoms with Gasteiger partial charge in [-0.15, -0.1) is 0 Å². The SMILES string of the molecule is Cc1noc(-c2ccc(NC(=O)[C@@H]3CC(=O)N(Cc4ccccc4)C3)cc2)n1. The van der Waals surface area contributed by atoms with Crippen molar-refractivity contribution in [3.05, 3.63) is 66.0 Å². The Morgan fingerprint density at radius 1 is 1.18 bits per heavy atom. The molecule has 0 bridgehead atoms. The molecule has 1 atom stereocenters. The fourth-order valence-electron chi connectivity index (χ4n) is 3.26. The van der Waals surface area contributed by atoms with Gasteiger partial charge in [-0.2, -0.15) is 4.98 Å². The van der Waals surface area contributed by atoms with E-state index in [0.717, 1.165) is 11.1 Å². The lowest BCUT2D eigenvalue weighted by atomic mass is 10.1. The number of aryl methyl sites for hydroxylation is 1. The quantitative estimate of drug-likeness (QED) is 0.739. The molecule has 142 valence electrons. The first-order valence-corrected chi connectivity index (χ1v) is 9.12. The van der Waals surface area contributed by atoms with Gasteiger partial charge in [-0.1, -0.05) is 35.5 Å². The Morgan fingerprint density at radius 3 is 2.61 bits per heavy atom. The van der Waals surface area contributed by atoms with E-state index in [-0.39, 0.29) is 24.2 Å². The third-order valence-electron chi connectivity index (χ3n) is 4.73. The molecule has 0 unspecified atom stereocenters. The number of amides is 2. The maximum Gasteiger partial charge on any atom is 0.257 e. The number of likely N-dealkylation sites (tertiary alicyclic amines) is 1. The number of nitrogens with zero attached hydrogens (tertiary/aromatic N) is 3. The number of hydrogen-bond donors (Lipinski definition) is 1. The van der Waals surface area contributed by atoms with Crippen molar-refractivity contribution in [2.24, 2.45) is 5.92 Å². The zero-order chi connectivity index (χ0) is 19.5. The fourth-order valence-corrected chi connectivity index (χ4v) is 3.26. The van der Waals surface area contributed by atoms with Gasteiger partial charge in [0.15, 0.2) is 5.82 Å². The lowest BCUT2D eigenvalue weighted by Crippen LogP contribution is -2.28. The number of rotatable bonds is 5. The predicted octanol–water partition coefficient (Wildman–Crippen LogP) is 3.03. The molecule has 1 N–H and O–H groups in total. The van der Waals surface area contributed by atoms with Crippen LogP contribution in [0.2, 0.25) is 0 Å². The van der Waals surface area contributed by atoms with Crippen LogP contribution >= 0.6 is 0 Å². The van der Waals surface area contributed by atoms with Crippen LogP contribution in [-0.2, 0) is 16.1 Å². The second-order valence-electron chi connectivity index (χ2n) is 6.87. The highest BCUT2D eigenvalue weighted by molar-refractivity contribution is 5.97. The van der Waals surface area contributed by atoms with Crippen LogP contribution in [-0.4, -0.2) is 33.4 Å². The first kappa shape index (κ1) is 17.9. The Labute approximate surface area is 162 Å². The van der Waals surface area contributed by atoms with Gasteiger partial charge in [0.1, 0.15) is 0 Å². The van der Waals surface area contributed by atoms with Gasteiger partial charge in [0, 0.05) is 30.8 Å². The molecule has 3 aromatic rings. The first-order valence-electron chi connectivity index (χ1n) is 9.12. The molecule has 0 aliphatic carbocycles. The summed E-state index contributed by atoms with van der Waals surface area (Å²) in [6, 6.07) is 17.0. The Morgan fingerprint density at radius 2 is 1.93 bits per heavy atom. The standard InChI is InChI=1S/C21H20N4O3/c1-14-22-21(28-24-14)16-7-9-18(10-8-16)23-20(27)17-11-19(26)25(13-17)12-15-5-3-2-4-6-15/h2-10,17H,11-13H2,1H3,(H,23,27)/t17-/m1/s1. The third-order valence-corrected chi connectivity index (χ3v) is 4.73. The van der Waals surface area contributed by atoms with E-state index in [9.17, 15) is 9.59 Å². The van der Waals surface area contributed by atoms with E-state index in [4.69, 9.17) is 4.52 Å². The lowest BCUT2D eigenvalue weighted by molar-refractivity contribution is -0.128. The van der Waals surface area contributed by atoms with Gasteiger partial charge in [-0.3, -0.25) is 9.59 Å². The molecule has 1 aromatic heterocycles. The normalized spacial score (nSPS) is 16.4. The largest absolute Gasteiger partial charge is 0.338 e. The molecular weight excluding hydrogens is 356 g/mol. The summed E-state index contributed by atoms with van der Waals surface area (Å²) < 4.78 is 5.13. The molecule has 7 heteroatoms. The second-order valence-corrected chi connectivity index (χ2v) is 6.87. The van der Waals surface area contributed by atoms with Gasteiger partial charge in [0.25, 0.3) is 5.89 Å². The smallest absolute Gasteiger partial charge is 0.257 e. The Bertz CT molecular complexity index is 982. The zero-order valence-corrected chi connectivity index (χ0v) is 15.5. The molecule has 1 aliphatic heterocycles. The molecule has 1 saturated heterocycles. The number of anilines is 1. The lowest BCUT2D eigenvalue weighted by Gasteiger charge is -2.16. The van der Waals surface area contributed by atoms with Crippen LogP contribution in [0.1, 0.15) is 17.8 Å². The minimum absolute atomic E-state index is 0.00566. The highest BCUT2D eigenvalue weighted by Crippen LogP contribution is 2.23. The van der Waals surface area contributed by atoms with Crippen molar-refractivity contribution < 1.29 is 14.1 Å². The van der Waals surface area contributed by atoms with E-state index in [1.807, 2.05) is 42.5 Å². The van der Waals surface area contributed by atoms with Gasteiger partial charge in [-0.25, -0.2) is 0 Å². The number of nitrogens with one attached hydrogen (secondary N) is 1. The van der Waals surface area contributed by atoms with Crippen LogP contribution in [0.4, 0.5) is 5.69 Å². The highest BCUT2D eigenvalue weighted by Gasteiger charge is 2.34. The molecule has 1 fully saturated rings. The Hall–Kier alpha value is -3.48. The number of carbonyl (C=O) groups is 2. The van der Waals surface area contributed by atoms with Crippen molar-refractivity contribution in [1.82, 2.24) is 15.0 Å². The molecule has 0 saturated carbocycles. The molecule has 0 spiro atoms. The maximum atomic E-state index is 12.6. The second kappa shape index (κ2) is 7.64. The summed E-state index contributed by atoms with van der Waals surface area (Å²) >= 11 is 0. The van der Waals surface area contributed by atoms with Crippen LogP contribution in [0.15, 0.2) is 59.1 Å². The molecule has 2 amide bonds. The van der Waals surface area contributed by atoms with Crippen molar-refractivity contribution >= 4 is 17.5 Å². The molecule has 2 heterocycles. The molecule has 2 aromatic carbocycles. The fraction of sp³-hybridized carbons (Fsp3) is 0.238. The van der Waals surface area contributed by atoms with Gasteiger partial charge < -0.3 is 14.7 Å². The van der Waals surface area contributed by atoms with Crippen molar-refractivity contribution in [2.45, 2.75) is 19.9 Å². The van der Waals surface area contributed by atoms with E-state index < -0.39 is 0 Å². The van der Waals surface area contributed by atoms with E-state index in [2.05, 4.69) is 15.5 Å². The van der Waals surface area contributed by atoms with Crippen molar-refractivity contribution in [3.8, 4) is 11.5 Å². The zero-order valence-electron chi connectivity index (χ0n) is 15.5. The summed E-state index contributed by atoms with van der Waals surface area (Å²) in [5.74, 6) is 0.512. The van der Waals surface area contributed by atoms with Crippen LogP contribution in [0.3, 0.4) is 0 Å². The molecule has 4 rings (SSSR count). The predicted molar refractivity (Wildman–Crippen MR) is 103 cm³/mol. The van der Waals surface area contributed by atoms with Gasteiger partial charge in [-0.05, 0) is 36.8 Å². The van der Waals surface area contributed by atoms with Crippen molar-refractivity contribution in [3.63, 3.8) is 0 Å². The monoisotopic (exact) mass is 376 g/mol. The minimum Gasteiger partial charge on any atom is -0.338 e.